The van der Waals surface area contributed by atoms with Gasteiger partial charge >= 0.3 is 5.97 Å². The van der Waals surface area contributed by atoms with Gasteiger partial charge in [0.2, 0.25) is 0 Å². The van der Waals surface area contributed by atoms with E-state index in [1.165, 1.54) is 11.3 Å². The molecular formula is C12H14BrNO4S. The summed E-state index contributed by atoms with van der Waals surface area (Å²) in [5.74, 6) is -0.787. The number of rotatable bonds is 3. The van der Waals surface area contributed by atoms with Crippen LogP contribution in [0.15, 0.2) is 9.85 Å². The number of hydrogen-bond acceptors (Lipinski definition) is 4. The molecule has 2 rings (SSSR count). The van der Waals surface area contributed by atoms with E-state index in [4.69, 9.17) is 9.84 Å². The predicted octanol–water partition coefficient (Wildman–Crippen LogP) is 2.46. The molecule has 19 heavy (non-hydrogen) atoms. The monoisotopic (exact) mass is 347 g/mol. The van der Waals surface area contributed by atoms with E-state index in [1.54, 1.807) is 18.1 Å². The molecule has 5 nitrogen and oxygen atoms in total. The van der Waals surface area contributed by atoms with Crippen LogP contribution >= 0.6 is 27.3 Å². The molecule has 0 spiro atoms. The topological polar surface area (TPSA) is 66.8 Å². The van der Waals surface area contributed by atoms with Crippen molar-refractivity contribution in [2.45, 2.75) is 12.8 Å². The Bertz CT molecular complexity index is 502. The number of aliphatic carboxylic acids is 1. The minimum Gasteiger partial charge on any atom is -0.495 e. The molecule has 1 atom stereocenters. The summed E-state index contributed by atoms with van der Waals surface area (Å²) in [5.41, 5.74) is 0. The average Bonchev–Trinajstić information content (AvgIpc) is 2.79. The summed E-state index contributed by atoms with van der Waals surface area (Å²) < 4.78 is 5.89. The summed E-state index contributed by atoms with van der Waals surface area (Å²) >= 11 is 4.64. The summed E-state index contributed by atoms with van der Waals surface area (Å²) in [4.78, 5) is 25.5. The minimum atomic E-state index is -0.831. The molecule has 1 aliphatic rings. The van der Waals surface area contributed by atoms with Crippen LogP contribution in [0.5, 0.6) is 5.75 Å². The van der Waals surface area contributed by atoms with Gasteiger partial charge < -0.3 is 14.7 Å². The number of piperidine rings is 1. The molecule has 0 radical (unpaired) electrons. The average molecular weight is 348 g/mol. The number of methoxy groups -OCH3 is 1. The first-order valence-electron chi connectivity index (χ1n) is 5.88. The van der Waals surface area contributed by atoms with E-state index in [-0.39, 0.29) is 12.5 Å². The Hall–Kier alpha value is -1.08. The van der Waals surface area contributed by atoms with Gasteiger partial charge in [0.1, 0.15) is 9.54 Å². The maximum Gasteiger partial charge on any atom is 0.308 e. The van der Waals surface area contributed by atoms with Gasteiger partial charge in [-0.2, -0.15) is 0 Å². The number of carboxylic acids is 1. The highest BCUT2D eigenvalue weighted by Gasteiger charge is 2.29. The van der Waals surface area contributed by atoms with Crippen LogP contribution in [0.4, 0.5) is 0 Å². The van der Waals surface area contributed by atoms with Crippen molar-refractivity contribution in [2.24, 2.45) is 5.92 Å². The van der Waals surface area contributed by atoms with Gasteiger partial charge in [-0.1, -0.05) is 0 Å². The van der Waals surface area contributed by atoms with Crippen LogP contribution in [-0.2, 0) is 4.79 Å². The number of thiophene rings is 1. The van der Waals surface area contributed by atoms with E-state index in [2.05, 4.69) is 15.9 Å². The van der Waals surface area contributed by atoms with Gasteiger partial charge in [-0.25, -0.2) is 0 Å². The Morgan fingerprint density at radius 1 is 1.58 bits per heavy atom. The molecule has 0 saturated carbocycles. The largest absolute Gasteiger partial charge is 0.495 e. The number of carbonyl (C=O) groups is 2. The molecule has 2 heterocycles. The fourth-order valence-corrected chi connectivity index (χ4v) is 3.73. The van der Waals surface area contributed by atoms with E-state index in [0.717, 1.165) is 10.2 Å². The van der Waals surface area contributed by atoms with Crippen molar-refractivity contribution in [1.82, 2.24) is 4.90 Å². The van der Waals surface area contributed by atoms with Gasteiger partial charge in [-0.05, 0) is 28.8 Å². The van der Waals surface area contributed by atoms with Gasteiger partial charge in [0.05, 0.1) is 17.9 Å². The third-order valence-electron chi connectivity index (χ3n) is 3.14. The van der Waals surface area contributed by atoms with Crippen molar-refractivity contribution in [3.8, 4) is 5.75 Å². The number of nitrogens with zero attached hydrogens (tertiary/aromatic N) is 1. The molecule has 0 aliphatic carbocycles. The summed E-state index contributed by atoms with van der Waals surface area (Å²) in [6.45, 7) is 0.895. The highest BCUT2D eigenvalue weighted by molar-refractivity contribution is 9.11. The molecule has 104 valence electrons. The standard InChI is InChI=1S/C12H14BrNO4S/c1-18-8-5-9(19-10(8)13)11(15)14-4-2-3-7(6-14)12(16)17/h5,7H,2-4,6H2,1H3,(H,16,17)/t7-/m0/s1. The van der Waals surface area contributed by atoms with Crippen molar-refractivity contribution in [3.63, 3.8) is 0 Å². The molecule has 0 aromatic carbocycles. The lowest BCUT2D eigenvalue weighted by atomic mass is 9.98. The van der Waals surface area contributed by atoms with Crippen LogP contribution < -0.4 is 4.74 Å². The van der Waals surface area contributed by atoms with Gasteiger partial charge in [-0.15, -0.1) is 11.3 Å². The van der Waals surface area contributed by atoms with Gasteiger partial charge in [0.15, 0.2) is 0 Å². The number of carboxylic acid groups (broad SMARTS) is 1. The van der Waals surface area contributed by atoms with Crippen molar-refractivity contribution in [1.29, 1.82) is 0 Å². The second-order valence-electron chi connectivity index (χ2n) is 4.38. The number of hydrogen-bond donors (Lipinski definition) is 1. The van der Waals surface area contributed by atoms with Crippen LogP contribution in [0.1, 0.15) is 22.5 Å². The summed E-state index contributed by atoms with van der Waals surface area (Å²) in [7, 11) is 1.54. The lowest BCUT2D eigenvalue weighted by Crippen LogP contribution is -2.42. The van der Waals surface area contributed by atoms with E-state index < -0.39 is 11.9 Å². The summed E-state index contributed by atoms with van der Waals surface area (Å²) in [5, 5.41) is 9.03. The normalized spacial score (nSPS) is 19.3. The number of ether oxygens (including phenoxy) is 1. The fraction of sp³-hybridized carbons (Fsp3) is 0.500. The molecule has 1 aromatic heterocycles. The molecule has 7 heteroatoms. The lowest BCUT2D eigenvalue weighted by molar-refractivity contribution is -0.143. The first-order valence-corrected chi connectivity index (χ1v) is 7.49. The first-order chi connectivity index (χ1) is 9.02. The second kappa shape index (κ2) is 5.92. The van der Waals surface area contributed by atoms with Gasteiger partial charge in [0, 0.05) is 19.2 Å². The van der Waals surface area contributed by atoms with E-state index >= 15 is 0 Å². The Kier molecular flexibility index (Phi) is 4.46. The lowest BCUT2D eigenvalue weighted by Gasteiger charge is -2.30. The molecule has 1 amide bonds. The molecule has 1 N–H and O–H groups in total. The SMILES string of the molecule is COc1cc(C(=O)N2CCC[C@H](C(=O)O)C2)sc1Br. The highest BCUT2D eigenvalue weighted by Crippen LogP contribution is 2.35. The summed E-state index contributed by atoms with van der Waals surface area (Å²) in [6, 6.07) is 1.68. The van der Waals surface area contributed by atoms with E-state index in [0.29, 0.717) is 23.6 Å². The summed E-state index contributed by atoms with van der Waals surface area (Å²) in [6.07, 6.45) is 1.36. The van der Waals surface area contributed by atoms with Crippen molar-refractivity contribution in [2.75, 3.05) is 20.2 Å². The van der Waals surface area contributed by atoms with Crippen molar-refractivity contribution < 1.29 is 19.4 Å². The molecule has 0 unspecified atom stereocenters. The molecule has 1 saturated heterocycles. The van der Waals surface area contributed by atoms with Gasteiger partial charge in [-0.3, -0.25) is 9.59 Å². The maximum atomic E-state index is 12.3. The second-order valence-corrected chi connectivity index (χ2v) is 6.75. The van der Waals surface area contributed by atoms with Crippen LogP contribution in [0.3, 0.4) is 0 Å². The molecule has 0 bridgehead atoms. The zero-order chi connectivity index (χ0) is 14.0. The molecule has 1 aliphatic heterocycles. The van der Waals surface area contributed by atoms with Crippen molar-refractivity contribution in [3.05, 3.63) is 14.7 Å². The van der Waals surface area contributed by atoms with E-state index in [9.17, 15) is 9.59 Å². The third kappa shape index (κ3) is 3.09. The van der Waals surface area contributed by atoms with Crippen molar-refractivity contribution >= 4 is 39.1 Å². The quantitative estimate of drug-likeness (QED) is 0.911. The van der Waals surface area contributed by atoms with Crippen LogP contribution in [0.25, 0.3) is 0 Å². The zero-order valence-electron chi connectivity index (χ0n) is 10.4. The molecule has 1 aromatic rings. The minimum absolute atomic E-state index is 0.125. The molecular weight excluding hydrogens is 334 g/mol. The van der Waals surface area contributed by atoms with E-state index in [1.807, 2.05) is 0 Å². The first kappa shape index (κ1) is 14.3. The Labute approximate surface area is 123 Å². The number of amides is 1. The Balaban J connectivity index is 2.12. The van der Waals surface area contributed by atoms with Crippen LogP contribution in [-0.4, -0.2) is 42.1 Å². The third-order valence-corrected chi connectivity index (χ3v) is 4.91. The number of carbonyl (C=O) groups excluding carboxylic acids is 1. The predicted molar refractivity (Wildman–Crippen MR) is 74.8 cm³/mol. The Morgan fingerprint density at radius 3 is 2.89 bits per heavy atom. The number of likely N-dealkylation sites (tertiary alicyclic amines) is 1. The molecule has 1 fully saturated rings. The zero-order valence-corrected chi connectivity index (χ0v) is 12.8. The Morgan fingerprint density at radius 2 is 2.32 bits per heavy atom. The van der Waals surface area contributed by atoms with Gasteiger partial charge in [0.25, 0.3) is 5.91 Å². The smallest absolute Gasteiger partial charge is 0.308 e. The maximum absolute atomic E-state index is 12.3. The fourth-order valence-electron chi connectivity index (χ4n) is 2.12. The van der Waals surface area contributed by atoms with Crippen LogP contribution in [0.2, 0.25) is 0 Å². The highest BCUT2D eigenvalue weighted by atomic mass is 79.9. The van der Waals surface area contributed by atoms with Crippen LogP contribution in [0, 0.1) is 5.92 Å². The number of halogens is 1.